The molecule has 1 aliphatic rings. The standard InChI is InChI=1S/C14H13ClINO2S.C7H7ClIN.C7H3ClIN.C7H7ClO2S.C4H7BO.ClH/c1-10-3-2-4-12(7-10)20(18,19)17-9-11-5-6-13(15)14(16)8-11;2*8-6-2-1-5(4-10)3-7(6)9;1-6-3-2-4-7(5-6)11(8,9)10;5-4-2-1-3-6-4;/h2-8,17H,9H2,1H3;1-3H,4,10H2;1-3H;2-5H,1H3;4H,1-3H2;1H. The Bertz CT molecular complexity index is 2350. The Morgan fingerprint density at radius 3 is 1.66 bits per heavy atom. The number of sulfonamides is 1. The number of ether oxygens (including phenoxy) is 1. The first-order valence-electron chi connectivity index (χ1n) is 16.6. The van der Waals surface area contributed by atoms with Crippen molar-refractivity contribution in [1.29, 1.82) is 5.26 Å². The molecule has 2 radical (unpaired) electrons. The van der Waals surface area contributed by atoms with Crippen LogP contribution in [-0.2, 0) is 36.9 Å². The van der Waals surface area contributed by atoms with Crippen molar-refractivity contribution in [1.82, 2.24) is 4.72 Å². The van der Waals surface area contributed by atoms with Crippen LogP contribution in [0.3, 0.4) is 0 Å². The van der Waals surface area contributed by atoms with Crippen molar-refractivity contribution in [3.05, 3.63) is 157 Å². The SMILES string of the molecule is Cc1cccc(S(=O)(=O)Cl)c1.Cc1cccc(S(=O)(=O)NCc2ccc(Cl)c(I)c2)c1.Cl.N#Cc1ccc(Cl)c(I)c1.NCc1ccc(Cl)c(I)c1.[B]C1CCCO1. The molecule has 0 amide bonds. The molecular formula is C39H38BCl5I3N3O5S2. The summed E-state index contributed by atoms with van der Waals surface area (Å²) in [6.45, 7) is 5.35. The average molecular weight is 1260 g/mol. The highest BCUT2D eigenvalue weighted by molar-refractivity contribution is 14.1. The Kier molecular flexibility index (Phi) is 26.5. The lowest BCUT2D eigenvalue weighted by Crippen LogP contribution is -2.23. The van der Waals surface area contributed by atoms with Crippen LogP contribution >= 0.6 is 126 Å². The van der Waals surface area contributed by atoms with Gasteiger partial charge in [0.2, 0.25) is 10.0 Å². The largest absolute Gasteiger partial charge is 0.388 e. The highest BCUT2D eigenvalue weighted by atomic mass is 127. The number of halogens is 8. The fraction of sp³-hybridized carbons (Fsp3) is 0.205. The summed E-state index contributed by atoms with van der Waals surface area (Å²) in [4.78, 5) is 0.431. The maximum absolute atomic E-state index is 12.2. The van der Waals surface area contributed by atoms with E-state index in [-0.39, 0.29) is 34.7 Å². The molecule has 1 saturated heterocycles. The average Bonchev–Trinajstić information content (AvgIpc) is 3.66. The zero-order valence-electron chi connectivity index (χ0n) is 30.9. The lowest BCUT2D eigenvalue weighted by molar-refractivity contribution is 0.168. The van der Waals surface area contributed by atoms with E-state index in [4.69, 9.17) is 69.1 Å². The van der Waals surface area contributed by atoms with Gasteiger partial charge in [-0.3, -0.25) is 0 Å². The topological polar surface area (TPSA) is 139 Å². The van der Waals surface area contributed by atoms with E-state index in [1.165, 1.54) is 12.1 Å². The molecule has 0 bridgehead atoms. The van der Waals surface area contributed by atoms with Gasteiger partial charge < -0.3 is 10.5 Å². The van der Waals surface area contributed by atoms with Crippen LogP contribution in [-0.4, -0.2) is 37.3 Å². The number of nitrogens with zero attached hydrogens (tertiary/aromatic N) is 1. The van der Waals surface area contributed by atoms with Gasteiger partial charge in [-0.2, -0.15) is 5.26 Å². The summed E-state index contributed by atoms with van der Waals surface area (Å²) in [5, 5.41) is 10.6. The van der Waals surface area contributed by atoms with Crippen LogP contribution in [0.25, 0.3) is 0 Å². The van der Waals surface area contributed by atoms with Gasteiger partial charge in [0.15, 0.2) is 0 Å². The number of hydrogen-bond acceptors (Lipinski definition) is 7. The molecular weight excluding hydrogens is 1220 g/mol. The number of nitrogens with one attached hydrogen (secondary N) is 1. The van der Waals surface area contributed by atoms with Crippen molar-refractivity contribution in [2.24, 2.45) is 5.73 Å². The van der Waals surface area contributed by atoms with Gasteiger partial charge >= 0.3 is 0 Å². The van der Waals surface area contributed by atoms with Crippen molar-refractivity contribution in [3.63, 3.8) is 0 Å². The van der Waals surface area contributed by atoms with Gasteiger partial charge in [0.25, 0.3) is 9.05 Å². The van der Waals surface area contributed by atoms with E-state index >= 15 is 0 Å². The molecule has 1 heterocycles. The first kappa shape index (κ1) is 55.1. The molecule has 8 nitrogen and oxygen atoms in total. The molecule has 19 heteroatoms. The third-order valence-electron chi connectivity index (χ3n) is 7.25. The van der Waals surface area contributed by atoms with E-state index in [1.807, 2.05) is 62.4 Å². The number of nitrogens with two attached hydrogens (primary N) is 1. The van der Waals surface area contributed by atoms with Crippen molar-refractivity contribution in [2.75, 3.05) is 6.61 Å². The van der Waals surface area contributed by atoms with Gasteiger partial charge in [0.05, 0.1) is 36.5 Å². The normalized spacial score (nSPS) is 12.9. The first-order chi connectivity index (χ1) is 26.7. The zero-order chi connectivity index (χ0) is 42.8. The van der Waals surface area contributed by atoms with Crippen molar-refractivity contribution in [3.8, 4) is 6.07 Å². The van der Waals surface area contributed by atoms with Gasteiger partial charge in [-0.15, -0.1) is 12.4 Å². The van der Waals surface area contributed by atoms with Crippen LogP contribution in [0.2, 0.25) is 15.1 Å². The number of rotatable bonds is 6. The van der Waals surface area contributed by atoms with Crippen LogP contribution in [0.15, 0.2) is 113 Å². The molecule has 58 heavy (non-hydrogen) atoms. The van der Waals surface area contributed by atoms with Crippen molar-refractivity contribution >= 4 is 153 Å². The highest BCUT2D eigenvalue weighted by Gasteiger charge is 2.14. The molecule has 1 aliphatic heterocycles. The van der Waals surface area contributed by atoms with E-state index in [9.17, 15) is 16.8 Å². The Balaban J connectivity index is 0.000000382. The molecule has 1 fully saturated rings. The van der Waals surface area contributed by atoms with Crippen LogP contribution < -0.4 is 10.5 Å². The third-order valence-corrected chi connectivity index (χ3v) is 14.6. The molecule has 1 atom stereocenters. The molecule has 5 aromatic rings. The molecule has 310 valence electrons. The second-order valence-corrected chi connectivity index (χ2v) is 20.9. The fourth-order valence-electron chi connectivity index (χ4n) is 4.30. The molecule has 0 spiro atoms. The lowest BCUT2D eigenvalue weighted by atomic mass is 9.98. The monoisotopic (exact) mass is 1260 g/mol. The lowest BCUT2D eigenvalue weighted by Gasteiger charge is -2.08. The summed E-state index contributed by atoms with van der Waals surface area (Å²) >= 11 is 23.8. The van der Waals surface area contributed by atoms with Crippen LogP contribution in [0, 0.1) is 35.9 Å². The first-order valence-corrected chi connectivity index (χ1v) is 24.8. The Morgan fingerprint density at radius 2 is 1.26 bits per heavy atom. The van der Waals surface area contributed by atoms with Crippen molar-refractivity contribution < 1.29 is 21.6 Å². The quantitative estimate of drug-likeness (QED) is 0.0980. The van der Waals surface area contributed by atoms with Crippen LogP contribution in [0.4, 0.5) is 0 Å². The minimum absolute atomic E-state index is 0. The molecule has 6 rings (SSSR count). The van der Waals surface area contributed by atoms with E-state index in [0.29, 0.717) is 22.2 Å². The summed E-state index contributed by atoms with van der Waals surface area (Å²) in [5.41, 5.74) is 9.85. The number of benzene rings is 5. The smallest absolute Gasteiger partial charge is 0.261 e. The van der Waals surface area contributed by atoms with E-state index in [0.717, 1.165) is 57.4 Å². The van der Waals surface area contributed by atoms with Crippen LogP contribution in [0.5, 0.6) is 0 Å². The summed E-state index contributed by atoms with van der Waals surface area (Å²) in [6, 6.07) is 31.8. The summed E-state index contributed by atoms with van der Waals surface area (Å²) in [7, 11) is 3.37. The number of nitriles is 1. The maximum Gasteiger partial charge on any atom is 0.261 e. The fourth-order valence-corrected chi connectivity index (χ4v) is 8.30. The van der Waals surface area contributed by atoms with Gasteiger partial charge in [0, 0.05) is 47.1 Å². The van der Waals surface area contributed by atoms with Gasteiger partial charge in [-0.25, -0.2) is 21.6 Å². The summed E-state index contributed by atoms with van der Waals surface area (Å²) in [6.07, 6.45) is 2.18. The Labute approximate surface area is 410 Å². The summed E-state index contributed by atoms with van der Waals surface area (Å²) < 4.78 is 56.2. The minimum Gasteiger partial charge on any atom is -0.388 e. The third kappa shape index (κ3) is 21.2. The molecule has 0 saturated carbocycles. The van der Waals surface area contributed by atoms with E-state index in [1.54, 1.807) is 48.5 Å². The second kappa shape index (κ2) is 27.9. The minimum atomic E-state index is -3.55. The summed E-state index contributed by atoms with van der Waals surface area (Å²) in [5.74, 6) is 0. The van der Waals surface area contributed by atoms with E-state index < -0.39 is 19.1 Å². The van der Waals surface area contributed by atoms with Crippen LogP contribution in [0.1, 0.15) is 40.7 Å². The molecule has 5 aromatic carbocycles. The number of hydrogen-bond donors (Lipinski definition) is 2. The molecule has 0 aliphatic carbocycles. The molecule has 0 aromatic heterocycles. The maximum atomic E-state index is 12.2. The number of aryl methyl sites for hydroxylation is 2. The van der Waals surface area contributed by atoms with E-state index in [2.05, 4.69) is 72.5 Å². The zero-order valence-corrected chi connectivity index (χ0v) is 42.9. The highest BCUT2D eigenvalue weighted by Crippen LogP contribution is 2.21. The Morgan fingerprint density at radius 1 is 0.776 bits per heavy atom. The Hall–Kier alpha value is -0.925. The second-order valence-electron chi connectivity index (χ2n) is 11.9. The predicted octanol–water partition coefficient (Wildman–Crippen LogP) is 11.6. The molecule has 1 unspecified atom stereocenters. The van der Waals surface area contributed by atoms with Gasteiger partial charge in [-0.1, -0.05) is 71.2 Å². The van der Waals surface area contributed by atoms with Gasteiger partial charge in [0.1, 0.15) is 7.85 Å². The predicted molar refractivity (Wildman–Crippen MR) is 267 cm³/mol. The van der Waals surface area contributed by atoms with Crippen molar-refractivity contribution in [2.45, 2.75) is 55.6 Å². The van der Waals surface area contributed by atoms with Gasteiger partial charge in [-0.05, 0) is 183 Å². The molecule has 3 N–H and O–H groups in total.